The summed E-state index contributed by atoms with van der Waals surface area (Å²) in [6.07, 6.45) is 5.09. The molecule has 3 aromatic carbocycles. The van der Waals surface area contributed by atoms with Crippen LogP contribution in [0.25, 0.3) is 11.1 Å². The van der Waals surface area contributed by atoms with Gasteiger partial charge in [0.15, 0.2) is 0 Å². The smallest absolute Gasteiger partial charge is 0.548 e. The number of nitrogens with one attached hydrogen (secondary N) is 1. The molecule has 8 nitrogen and oxygen atoms in total. The number of hydrogen-bond acceptors (Lipinski definition) is 7. The van der Waals surface area contributed by atoms with E-state index in [1.807, 2.05) is 55.6 Å². The van der Waals surface area contributed by atoms with Crippen molar-refractivity contribution in [1.82, 2.24) is 10.3 Å². The molecule has 0 aliphatic rings. The SMILES string of the molecule is CSCC[C@H](NC(=O)c1ccc(S(=O)(=O)N(Cc2ccccc2)c2cccnc2)cc1-c1ccccc1C)C(=O)[O-].[Li+]. The third kappa shape index (κ3) is 7.84. The molecule has 0 radical (unpaired) electrons. The van der Waals surface area contributed by atoms with E-state index in [-0.39, 0.29) is 42.3 Å². The minimum absolute atomic E-state index is 0. The van der Waals surface area contributed by atoms with Gasteiger partial charge in [0, 0.05) is 11.8 Å². The summed E-state index contributed by atoms with van der Waals surface area (Å²) < 4.78 is 29.6. The average Bonchev–Trinajstić information content (AvgIpc) is 2.98. The Labute approximate surface area is 262 Å². The van der Waals surface area contributed by atoms with E-state index in [9.17, 15) is 23.1 Å². The summed E-state index contributed by atoms with van der Waals surface area (Å²) in [4.78, 5) is 29.2. The zero-order valence-electron chi connectivity index (χ0n) is 23.7. The predicted molar refractivity (Wildman–Crippen MR) is 160 cm³/mol. The van der Waals surface area contributed by atoms with Crippen LogP contribution in [0.4, 0.5) is 5.69 Å². The van der Waals surface area contributed by atoms with Gasteiger partial charge in [0.1, 0.15) is 0 Å². The number of nitrogens with zero attached hydrogens (tertiary/aromatic N) is 2. The number of aromatic nitrogens is 1. The van der Waals surface area contributed by atoms with Gasteiger partial charge < -0.3 is 15.2 Å². The van der Waals surface area contributed by atoms with Crippen LogP contribution in [0, 0.1) is 6.92 Å². The molecule has 1 heterocycles. The normalized spacial score (nSPS) is 11.7. The maximum Gasteiger partial charge on any atom is 1.00 e. The van der Waals surface area contributed by atoms with Gasteiger partial charge in [-0.2, -0.15) is 11.8 Å². The first-order valence-electron chi connectivity index (χ1n) is 12.9. The van der Waals surface area contributed by atoms with Crippen molar-refractivity contribution in [3.63, 3.8) is 0 Å². The summed E-state index contributed by atoms with van der Waals surface area (Å²) in [6.45, 7) is 1.93. The van der Waals surface area contributed by atoms with Crippen LogP contribution < -0.4 is 33.6 Å². The summed E-state index contributed by atoms with van der Waals surface area (Å²) in [5.41, 5.74) is 3.18. The molecule has 1 N–H and O–H groups in total. The minimum atomic E-state index is -4.13. The summed E-state index contributed by atoms with van der Waals surface area (Å²) in [5.74, 6) is -1.49. The zero-order chi connectivity index (χ0) is 29.4. The number of hydrogen-bond donors (Lipinski definition) is 1. The quantitative estimate of drug-likeness (QED) is 0.243. The van der Waals surface area contributed by atoms with Crippen molar-refractivity contribution in [3.8, 4) is 11.1 Å². The summed E-state index contributed by atoms with van der Waals surface area (Å²) in [6, 6.07) is 22.9. The maximum absolute atomic E-state index is 14.2. The third-order valence-corrected chi connectivity index (χ3v) is 8.98. The van der Waals surface area contributed by atoms with E-state index >= 15 is 0 Å². The third-order valence-electron chi connectivity index (χ3n) is 6.56. The monoisotopic (exact) mass is 595 g/mol. The molecule has 0 aliphatic heterocycles. The first kappa shape index (κ1) is 33.0. The Hall–Kier alpha value is -3.55. The van der Waals surface area contributed by atoms with E-state index in [1.165, 1.54) is 40.5 Å². The second kappa shape index (κ2) is 15.1. The van der Waals surface area contributed by atoms with Gasteiger partial charge in [-0.15, -0.1) is 0 Å². The molecule has 4 aromatic rings. The molecular formula is C31H30LiN3O5S2. The Bertz CT molecular complexity index is 1620. The van der Waals surface area contributed by atoms with Gasteiger partial charge in [-0.25, -0.2) is 8.42 Å². The van der Waals surface area contributed by atoms with Gasteiger partial charge in [0.05, 0.1) is 35.3 Å². The number of carbonyl (C=O) groups excluding carboxylic acids is 2. The van der Waals surface area contributed by atoms with Crippen LogP contribution in [0.15, 0.2) is 102 Å². The number of rotatable bonds is 12. The van der Waals surface area contributed by atoms with Crippen LogP contribution in [0.2, 0.25) is 0 Å². The fourth-order valence-corrected chi connectivity index (χ4v) is 6.33. The number of aryl methyl sites for hydroxylation is 1. The number of sulfonamides is 1. The van der Waals surface area contributed by atoms with Crippen LogP contribution in [0.3, 0.4) is 0 Å². The van der Waals surface area contributed by atoms with Crippen molar-refractivity contribution in [1.29, 1.82) is 0 Å². The van der Waals surface area contributed by atoms with Crippen molar-refractivity contribution in [2.45, 2.75) is 30.8 Å². The maximum atomic E-state index is 14.2. The van der Waals surface area contributed by atoms with Gasteiger partial charge in [0.2, 0.25) is 0 Å². The Kier molecular flexibility index (Phi) is 11.8. The summed E-state index contributed by atoms with van der Waals surface area (Å²) >= 11 is 1.46. The van der Waals surface area contributed by atoms with Crippen molar-refractivity contribution in [2.24, 2.45) is 0 Å². The fraction of sp³-hybridized carbons (Fsp3) is 0.194. The van der Waals surface area contributed by atoms with Crippen molar-refractivity contribution in [2.75, 3.05) is 16.3 Å². The van der Waals surface area contributed by atoms with E-state index in [0.29, 0.717) is 22.6 Å². The molecule has 1 amide bonds. The molecule has 0 bridgehead atoms. The number of anilines is 1. The summed E-state index contributed by atoms with van der Waals surface area (Å²) in [7, 11) is -4.13. The first-order valence-corrected chi connectivity index (χ1v) is 15.7. The number of amides is 1. The van der Waals surface area contributed by atoms with Crippen molar-refractivity contribution < 1.29 is 42.0 Å². The molecule has 0 unspecified atom stereocenters. The first-order chi connectivity index (χ1) is 19.7. The largest absolute Gasteiger partial charge is 1.00 e. The summed E-state index contributed by atoms with van der Waals surface area (Å²) in [5, 5.41) is 14.3. The molecule has 0 saturated heterocycles. The molecule has 212 valence electrons. The van der Waals surface area contributed by atoms with E-state index in [0.717, 1.165) is 11.1 Å². The van der Waals surface area contributed by atoms with Crippen LogP contribution >= 0.6 is 11.8 Å². The van der Waals surface area contributed by atoms with Crippen molar-refractivity contribution in [3.05, 3.63) is 114 Å². The molecule has 0 fully saturated rings. The van der Waals surface area contributed by atoms with Gasteiger partial charge in [-0.3, -0.25) is 14.1 Å². The Balaban J connectivity index is 0.00000484. The molecule has 4 rings (SSSR count). The Morgan fingerprint density at radius 3 is 2.33 bits per heavy atom. The Morgan fingerprint density at radius 2 is 1.69 bits per heavy atom. The van der Waals surface area contributed by atoms with Crippen molar-refractivity contribution >= 4 is 39.3 Å². The van der Waals surface area contributed by atoms with Crippen LogP contribution in [0.1, 0.15) is 27.9 Å². The molecule has 0 saturated carbocycles. The van der Waals surface area contributed by atoms with E-state index in [4.69, 9.17) is 0 Å². The van der Waals surface area contributed by atoms with Gasteiger partial charge in [0.25, 0.3) is 15.9 Å². The number of aliphatic carboxylic acids is 1. The van der Waals surface area contributed by atoms with Crippen LogP contribution in [-0.2, 0) is 21.4 Å². The van der Waals surface area contributed by atoms with E-state index in [1.54, 1.807) is 30.5 Å². The number of thioether (sulfide) groups is 1. The molecule has 42 heavy (non-hydrogen) atoms. The Morgan fingerprint density at radius 1 is 0.976 bits per heavy atom. The molecule has 0 aliphatic carbocycles. The standard InChI is InChI=1S/C31H31N3O5S2.Li/c1-22-9-6-7-13-26(22)28-19-25(14-15-27(28)30(35)33-29(31(36)37)16-18-40-2)41(38,39)34(24-12-8-17-32-20-24)21-23-10-4-3-5-11-23;/h3-15,17,19-20,29H,16,18,21H2,1-2H3,(H,33,35)(H,36,37);/q;+1/p-1/t29-;/m0./s1. The molecule has 1 atom stereocenters. The van der Waals surface area contributed by atoms with Crippen LogP contribution in [0.5, 0.6) is 0 Å². The number of benzene rings is 3. The molecule has 11 heteroatoms. The van der Waals surface area contributed by atoms with Gasteiger partial charge in [-0.1, -0.05) is 54.6 Å². The predicted octanol–water partition coefficient (Wildman–Crippen LogP) is 1.06. The fourth-order valence-electron chi connectivity index (χ4n) is 4.39. The van der Waals surface area contributed by atoms with E-state index in [2.05, 4.69) is 10.3 Å². The van der Waals surface area contributed by atoms with Gasteiger partial charge >= 0.3 is 18.9 Å². The minimum Gasteiger partial charge on any atom is -0.548 e. The molecule has 0 spiro atoms. The second-order valence-electron chi connectivity index (χ2n) is 9.36. The van der Waals surface area contributed by atoms with E-state index < -0.39 is 27.9 Å². The number of carboxylic acids is 1. The topological polar surface area (TPSA) is 120 Å². The zero-order valence-corrected chi connectivity index (χ0v) is 25.3. The second-order valence-corrected chi connectivity index (χ2v) is 12.2. The molecule has 1 aromatic heterocycles. The van der Waals surface area contributed by atoms with Gasteiger partial charge in [-0.05, 0) is 77.9 Å². The average molecular weight is 596 g/mol. The number of carbonyl (C=O) groups is 2. The van der Waals surface area contributed by atoms with Crippen LogP contribution in [-0.4, -0.2) is 43.3 Å². The molecular weight excluding hydrogens is 565 g/mol. The number of carboxylic acid groups (broad SMARTS) is 1. The number of pyridine rings is 1.